The van der Waals surface area contributed by atoms with Crippen LogP contribution in [0.5, 0.6) is 0 Å². The fraction of sp³-hybridized carbons (Fsp3) is 0. The Balaban J connectivity index is 1.25. The van der Waals surface area contributed by atoms with Gasteiger partial charge in [0.05, 0.1) is 56.5 Å². The lowest BCUT2D eigenvalue weighted by Crippen LogP contribution is -2.09. The SMILES string of the molecule is [C-]#[N+]c1c(-c2ccccc2)c(C#N)c(-n2c3ccc4oc5ccccc5c4c3c3ccc4c5ccccc5sc4c32)c(-c2ccccc2)c1-n1c2cccc3c4ccccc4c4cncc1c4c32. The highest BCUT2D eigenvalue weighted by Crippen LogP contribution is 2.55. The zero-order valence-corrected chi connectivity index (χ0v) is 36.8. The van der Waals surface area contributed by atoms with Crippen LogP contribution in [0.2, 0.25) is 0 Å². The first-order chi connectivity index (χ1) is 33.7. The van der Waals surface area contributed by atoms with Crippen LogP contribution in [-0.2, 0) is 0 Å². The monoisotopic (exact) mass is 881 g/mol. The molecule has 7 heteroatoms. The van der Waals surface area contributed by atoms with Crippen molar-refractivity contribution in [2.24, 2.45) is 0 Å². The number of nitrogens with zero attached hydrogens (tertiary/aromatic N) is 5. The van der Waals surface area contributed by atoms with Gasteiger partial charge in [0.15, 0.2) is 0 Å². The molecule has 0 saturated heterocycles. The zero-order chi connectivity index (χ0) is 44.8. The molecule has 0 N–H and O–H groups in total. The van der Waals surface area contributed by atoms with E-state index in [1.165, 1.54) is 10.1 Å². The average Bonchev–Trinajstić information content (AvgIpc) is 4.16. The second-order valence-electron chi connectivity index (χ2n) is 17.5. The van der Waals surface area contributed by atoms with E-state index in [0.29, 0.717) is 28.2 Å². The molecule has 0 amide bonds. The van der Waals surface area contributed by atoms with Crippen molar-refractivity contribution in [1.29, 1.82) is 5.26 Å². The number of nitriles is 1. The van der Waals surface area contributed by atoms with Gasteiger partial charge >= 0.3 is 0 Å². The molecule has 0 aliphatic carbocycles. The first-order valence-corrected chi connectivity index (χ1v) is 23.4. The fourth-order valence-corrected chi connectivity index (χ4v) is 12.8. The van der Waals surface area contributed by atoms with Gasteiger partial charge in [-0.1, -0.05) is 146 Å². The van der Waals surface area contributed by atoms with E-state index in [4.69, 9.17) is 9.40 Å². The minimum absolute atomic E-state index is 0.387. The van der Waals surface area contributed by atoms with E-state index in [-0.39, 0.29) is 0 Å². The molecule has 6 nitrogen and oxygen atoms in total. The van der Waals surface area contributed by atoms with Crippen LogP contribution in [0.1, 0.15) is 5.56 Å². The van der Waals surface area contributed by atoms with Gasteiger partial charge < -0.3 is 13.6 Å². The summed E-state index contributed by atoms with van der Waals surface area (Å²) >= 11 is 1.77. The lowest BCUT2D eigenvalue weighted by molar-refractivity contribution is 0.669. The molecule has 5 heterocycles. The largest absolute Gasteiger partial charge is 0.456 e. The molecular formula is C61H31N5OS. The molecule has 0 aliphatic rings. The zero-order valence-electron chi connectivity index (χ0n) is 36.0. The Labute approximate surface area is 391 Å². The van der Waals surface area contributed by atoms with Crippen molar-refractivity contribution in [2.75, 3.05) is 0 Å². The minimum Gasteiger partial charge on any atom is -0.456 e. The van der Waals surface area contributed by atoms with Crippen molar-refractivity contribution in [2.45, 2.75) is 0 Å². The molecule has 10 aromatic carbocycles. The van der Waals surface area contributed by atoms with Gasteiger partial charge in [0.25, 0.3) is 0 Å². The van der Waals surface area contributed by atoms with E-state index in [1.807, 2.05) is 73.1 Å². The average molecular weight is 882 g/mol. The van der Waals surface area contributed by atoms with Gasteiger partial charge in [-0.2, -0.15) is 5.26 Å². The van der Waals surface area contributed by atoms with Crippen LogP contribution in [0, 0.1) is 17.9 Å². The molecule has 0 fully saturated rings. The molecule has 0 radical (unpaired) electrons. The fourth-order valence-electron chi connectivity index (χ4n) is 11.6. The predicted octanol–water partition coefficient (Wildman–Crippen LogP) is 17.0. The molecule has 15 rings (SSSR count). The second kappa shape index (κ2) is 13.6. The Bertz CT molecular complexity index is 4660. The molecule has 312 valence electrons. The van der Waals surface area contributed by atoms with E-state index >= 15 is 0 Å². The van der Waals surface area contributed by atoms with E-state index in [0.717, 1.165) is 114 Å². The number of thiophene rings is 1. The van der Waals surface area contributed by atoms with Crippen LogP contribution in [0.15, 0.2) is 193 Å². The van der Waals surface area contributed by atoms with Crippen LogP contribution >= 0.6 is 11.3 Å². The predicted molar refractivity (Wildman–Crippen MR) is 281 cm³/mol. The molecule has 0 unspecified atom stereocenters. The van der Waals surface area contributed by atoms with Crippen molar-refractivity contribution in [3.63, 3.8) is 0 Å². The maximum absolute atomic E-state index is 12.1. The number of pyridine rings is 1. The Morgan fingerprint density at radius 1 is 0.485 bits per heavy atom. The Kier molecular flexibility index (Phi) is 7.42. The molecule has 0 bridgehead atoms. The van der Waals surface area contributed by atoms with Crippen molar-refractivity contribution in [3.05, 3.63) is 205 Å². The normalized spacial score (nSPS) is 12.1. The third-order valence-electron chi connectivity index (χ3n) is 14.2. The standard InChI is InChI=1S/C61H31N5OS/c1-63-57-51(34-15-4-2-5-16-34)43(31-62)58(52(35-17-6-3-7-18-35)60(57)65-45-24-14-23-39-36-19-8-9-20-37(36)44-32-64-33-47(65)55(44)53(39)45)66-46-29-30-49-56(41-22-10-12-25-48(41)67-49)54(46)42-28-27-40-38-21-11-13-26-50(38)68-61(40)59(42)66/h2-30,32-33H. The summed E-state index contributed by atoms with van der Waals surface area (Å²) < 4.78 is 13.5. The minimum atomic E-state index is 0.387. The second-order valence-corrected chi connectivity index (χ2v) is 18.5. The number of benzene rings is 10. The smallest absolute Gasteiger partial charge is 0.220 e. The molecule has 0 aliphatic heterocycles. The summed E-state index contributed by atoms with van der Waals surface area (Å²) in [6, 6.07) is 63.7. The maximum Gasteiger partial charge on any atom is 0.220 e. The number of rotatable bonds is 4. The number of furan rings is 1. The number of aromatic nitrogens is 3. The summed E-state index contributed by atoms with van der Waals surface area (Å²) in [4.78, 5) is 9.50. The van der Waals surface area contributed by atoms with Gasteiger partial charge in [-0.3, -0.25) is 4.98 Å². The van der Waals surface area contributed by atoms with E-state index in [2.05, 4.69) is 135 Å². The van der Waals surface area contributed by atoms with Crippen molar-refractivity contribution in [3.8, 4) is 39.7 Å². The van der Waals surface area contributed by atoms with Gasteiger partial charge in [0, 0.05) is 70.5 Å². The van der Waals surface area contributed by atoms with Crippen molar-refractivity contribution >= 4 is 124 Å². The van der Waals surface area contributed by atoms with Crippen LogP contribution in [0.4, 0.5) is 5.69 Å². The van der Waals surface area contributed by atoms with Gasteiger partial charge in [-0.05, 0) is 57.6 Å². The van der Waals surface area contributed by atoms with Crippen LogP contribution in [0.25, 0.3) is 146 Å². The maximum atomic E-state index is 12.1. The molecule has 0 spiro atoms. The highest BCUT2D eigenvalue weighted by atomic mass is 32.1. The molecule has 0 atom stereocenters. The van der Waals surface area contributed by atoms with Gasteiger partial charge in [-0.25, -0.2) is 4.85 Å². The Morgan fingerprint density at radius 3 is 1.90 bits per heavy atom. The summed E-state index contributed by atoms with van der Waals surface area (Å²) in [6.07, 6.45) is 3.92. The molecule has 15 aromatic rings. The van der Waals surface area contributed by atoms with Gasteiger partial charge in [0.1, 0.15) is 17.2 Å². The number of fused-ring (bicyclic) bond motifs is 14. The summed E-state index contributed by atoms with van der Waals surface area (Å²) in [7, 11) is 0. The van der Waals surface area contributed by atoms with E-state index < -0.39 is 0 Å². The Hall–Kier alpha value is -9.27. The number of para-hydroxylation sites is 1. The van der Waals surface area contributed by atoms with Crippen LogP contribution in [-0.4, -0.2) is 14.1 Å². The van der Waals surface area contributed by atoms with Gasteiger partial charge in [0.2, 0.25) is 5.69 Å². The highest BCUT2D eigenvalue weighted by molar-refractivity contribution is 7.26. The third-order valence-corrected chi connectivity index (χ3v) is 15.4. The first kappa shape index (κ1) is 37.0. The quantitative estimate of drug-likeness (QED) is 0.131. The lowest BCUT2D eigenvalue weighted by Gasteiger charge is -2.25. The molecular weight excluding hydrogens is 851 g/mol. The van der Waals surface area contributed by atoms with Crippen molar-refractivity contribution < 1.29 is 4.42 Å². The third kappa shape index (κ3) is 4.69. The van der Waals surface area contributed by atoms with E-state index in [1.54, 1.807) is 11.3 Å². The number of hydrogen-bond acceptors (Lipinski definition) is 4. The topological polar surface area (TPSA) is 64.0 Å². The summed E-state index contributed by atoms with van der Waals surface area (Å²) in [5, 5.41) is 25.2. The summed E-state index contributed by atoms with van der Waals surface area (Å²) in [5.74, 6) is 0. The Morgan fingerprint density at radius 2 is 1.12 bits per heavy atom. The summed E-state index contributed by atoms with van der Waals surface area (Å²) in [6.45, 7) is 9.32. The van der Waals surface area contributed by atoms with Crippen LogP contribution in [0.3, 0.4) is 0 Å². The lowest BCUT2D eigenvalue weighted by atomic mass is 9.88. The molecule has 0 saturated carbocycles. The number of hydrogen-bond donors (Lipinski definition) is 0. The van der Waals surface area contributed by atoms with E-state index in [9.17, 15) is 11.8 Å². The van der Waals surface area contributed by atoms with Crippen molar-refractivity contribution in [1.82, 2.24) is 14.1 Å². The molecule has 5 aromatic heterocycles. The summed E-state index contributed by atoms with van der Waals surface area (Å²) in [5.41, 5.74) is 10.6. The molecule has 68 heavy (non-hydrogen) atoms. The van der Waals surface area contributed by atoms with Crippen LogP contribution < -0.4 is 0 Å². The first-order valence-electron chi connectivity index (χ1n) is 22.5. The highest BCUT2D eigenvalue weighted by Gasteiger charge is 2.33. The van der Waals surface area contributed by atoms with Gasteiger partial charge in [-0.15, -0.1) is 11.3 Å².